The van der Waals surface area contributed by atoms with Crippen molar-refractivity contribution in [3.63, 3.8) is 0 Å². The fourth-order valence-corrected chi connectivity index (χ4v) is 2.90. The van der Waals surface area contributed by atoms with E-state index >= 15 is 0 Å². The number of nitrogens with zero attached hydrogens (tertiary/aromatic N) is 1. The number of hydrogen-bond donors (Lipinski definition) is 2. The minimum absolute atomic E-state index is 0.0529. The Morgan fingerprint density at radius 2 is 2.10 bits per heavy atom. The molecule has 112 valence electrons. The Morgan fingerprint density at radius 3 is 2.70 bits per heavy atom. The van der Waals surface area contributed by atoms with Gasteiger partial charge in [-0.3, -0.25) is 0 Å². The molecule has 4 nitrogen and oxygen atoms in total. The van der Waals surface area contributed by atoms with Crippen LogP contribution in [-0.4, -0.2) is 30.9 Å². The number of halogens is 1. The molecular formula is C15H23FN2O2. The largest absolute Gasteiger partial charge is 0.491 e. The third-order valence-electron chi connectivity index (χ3n) is 3.80. The van der Waals surface area contributed by atoms with E-state index in [0.29, 0.717) is 24.9 Å². The zero-order valence-corrected chi connectivity index (χ0v) is 11.9. The van der Waals surface area contributed by atoms with Crippen molar-refractivity contribution < 1.29 is 14.2 Å². The van der Waals surface area contributed by atoms with Crippen LogP contribution in [0.4, 0.5) is 15.8 Å². The van der Waals surface area contributed by atoms with Crippen molar-refractivity contribution in [2.24, 2.45) is 0 Å². The maximum atomic E-state index is 13.8. The van der Waals surface area contributed by atoms with E-state index < -0.39 is 5.82 Å². The van der Waals surface area contributed by atoms with Crippen molar-refractivity contribution in [3.05, 3.63) is 17.9 Å². The molecule has 1 saturated carbocycles. The summed E-state index contributed by atoms with van der Waals surface area (Å²) in [6, 6.07) is 3.33. The van der Waals surface area contributed by atoms with E-state index in [0.717, 1.165) is 18.5 Å². The molecule has 5 heteroatoms. The predicted octanol–water partition coefficient (Wildman–Crippen LogP) is 2.55. The smallest absolute Gasteiger partial charge is 0.167 e. The number of nitrogens with two attached hydrogens (primary N) is 1. The summed E-state index contributed by atoms with van der Waals surface area (Å²) < 4.78 is 19.1. The van der Waals surface area contributed by atoms with Gasteiger partial charge in [0.15, 0.2) is 11.6 Å². The summed E-state index contributed by atoms with van der Waals surface area (Å²) in [4.78, 5) is 2.09. The lowest BCUT2D eigenvalue weighted by Crippen LogP contribution is -2.36. The Hall–Kier alpha value is -1.49. The van der Waals surface area contributed by atoms with E-state index in [2.05, 4.69) is 4.90 Å². The zero-order valence-electron chi connectivity index (χ0n) is 11.9. The second-order valence-electron chi connectivity index (χ2n) is 5.13. The highest BCUT2D eigenvalue weighted by Crippen LogP contribution is 2.35. The van der Waals surface area contributed by atoms with Crippen LogP contribution in [0.2, 0.25) is 0 Å². The highest BCUT2D eigenvalue weighted by atomic mass is 19.1. The van der Waals surface area contributed by atoms with Gasteiger partial charge in [0.1, 0.15) is 0 Å². The molecule has 1 fully saturated rings. The monoisotopic (exact) mass is 282 g/mol. The molecule has 1 aliphatic carbocycles. The molecule has 0 heterocycles. The van der Waals surface area contributed by atoms with Crippen molar-refractivity contribution in [3.8, 4) is 5.75 Å². The first-order valence-electron chi connectivity index (χ1n) is 7.26. The van der Waals surface area contributed by atoms with E-state index in [1.165, 1.54) is 18.9 Å². The van der Waals surface area contributed by atoms with E-state index in [1.807, 2.05) is 6.92 Å². The lowest BCUT2D eigenvalue weighted by Gasteiger charge is -2.32. The van der Waals surface area contributed by atoms with Gasteiger partial charge in [0.05, 0.1) is 24.6 Å². The first-order valence-corrected chi connectivity index (χ1v) is 7.26. The van der Waals surface area contributed by atoms with Crippen molar-refractivity contribution in [1.29, 1.82) is 0 Å². The van der Waals surface area contributed by atoms with Crippen LogP contribution >= 0.6 is 0 Å². The molecular weight excluding hydrogens is 259 g/mol. The fraction of sp³-hybridized carbons (Fsp3) is 0.600. The molecule has 3 N–H and O–H groups in total. The van der Waals surface area contributed by atoms with Crippen molar-refractivity contribution in [2.45, 2.75) is 38.6 Å². The van der Waals surface area contributed by atoms with Crippen molar-refractivity contribution in [2.75, 3.05) is 30.4 Å². The number of anilines is 2. The normalized spacial score (nSPS) is 15.6. The Morgan fingerprint density at radius 1 is 1.40 bits per heavy atom. The Kier molecular flexibility index (Phi) is 5.06. The Labute approximate surface area is 119 Å². The number of hydrogen-bond acceptors (Lipinski definition) is 4. The van der Waals surface area contributed by atoms with Gasteiger partial charge in [-0.2, -0.15) is 0 Å². The van der Waals surface area contributed by atoms with Gasteiger partial charge in [-0.15, -0.1) is 0 Å². The van der Waals surface area contributed by atoms with Crippen LogP contribution in [0, 0.1) is 5.82 Å². The van der Waals surface area contributed by atoms with Gasteiger partial charge < -0.3 is 20.5 Å². The van der Waals surface area contributed by atoms with E-state index in [9.17, 15) is 9.50 Å². The second kappa shape index (κ2) is 6.79. The molecule has 0 radical (unpaired) electrons. The summed E-state index contributed by atoms with van der Waals surface area (Å²) in [7, 11) is 0. The van der Waals surface area contributed by atoms with Gasteiger partial charge in [-0.25, -0.2) is 4.39 Å². The standard InChI is InChI=1S/C15H23FN2O2/c1-2-20-15-10-14(13(17)9-12(15)16)18(7-8-19)11-5-3-4-6-11/h9-11,19H,2-8,17H2,1H3. The highest BCUT2D eigenvalue weighted by Gasteiger charge is 2.25. The van der Waals surface area contributed by atoms with Crippen LogP contribution in [0.25, 0.3) is 0 Å². The average Bonchev–Trinajstić information content (AvgIpc) is 2.93. The summed E-state index contributed by atoms with van der Waals surface area (Å²) >= 11 is 0. The van der Waals surface area contributed by atoms with Crippen molar-refractivity contribution >= 4 is 11.4 Å². The number of nitrogen functional groups attached to an aromatic ring is 1. The third-order valence-corrected chi connectivity index (χ3v) is 3.80. The first kappa shape index (κ1) is 14.9. The van der Waals surface area contributed by atoms with Gasteiger partial charge in [0.2, 0.25) is 0 Å². The number of aliphatic hydroxyl groups excluding tert-OH is 1. The second-order valence-corrected chi connectivity index (χ2v) is 5.13. The van der Waals surface area contributed by atoms with Crippen LogP contribution in [-0.2, 0) is 0 Å². The van der Waals surface area contributed by atoms with E-state index in [4.69, 9.17) is 10.5 Å². The molecule has 0 unspecified atom stereocenters. The maximum Gasteiger partial charge on any atom is 0.167 e. The number of benzene rings is 1. The lowest BCUT2D eigenvalue weighted by atomic mass is 10.1. The quantitative estimate of drug-likeness (QED) is 0.787. The number of rotatable bonds is 6. The maximum absolute atomic E-state index is 13.8. The summed E-state index contributed by atoms with van der Waals surface area (Å²) in [5, 5.41) is 9.29. The third kappa shape index (κ3) is 3.15. The lowest BCUT2D eigenvalue weighted by molar-refractivity contribution is 0.297. The SMILES string of the molecule is CCOc1cc(N(CCO)C2CCCC2)c(N)cc1F. The fourth-order valence-electron chi connectivity index (χ4n) is 2.90. The Bertz CT molecular complexity index is 448. The minimum Gasteiger partial charge on any atom is -0.491 e. The molecule has 0 aliphatic heterocycles. The number of aliphatic hydroxyl groups is 1. The molecule has 20 heavy (non-hydrogen) atoms. The zero-order chi connectivity index (χ0) is 14.5. The van der Waals surface area contributed by atoms with Gasteiger partial charge in [0.25, 0.3) is 0 Å². The van der Waals surface area contributed by atoms with E-state index in [-0.39, 0.29) is 12.4 Å². The topological polar surface area (TPSA) is 58.7 Å². The molecule has 1 aromatic rings. The average molecular weight is 282 g/mol. The van der Waals surface area contributed by atoms with E-state index in [1.54, 1.807) is 6.07 Å². The molecule has 0 atom stereocenters. The summed E-state index contributed by atoms with van der Waals surface area (Å²) in [5.41, 5.74) is 7.12. The number of ether oxygens (including phenoxy) is 1. The van der Waals surface area contributed by atoms with Crippen molar-refractivity contribution in [1.82, 2.24) is 0 Å². The molecule has 0 amide bonds. The van der Waals surface area contributed by atoms with Crippen LogP contribution in [0.3, 0.4) is 0 Å². The van der Waals surface area contributed by atoms with Crippen LogP contribution < -0.4 is 15.4 Å². The molecule has 1 aliphatic rings. The summed E-state index contributed by atoms with van der Waals surface area (Å²) in [5.74, 6) is -0.221. The highest BCUT2D eigenvalue weighted by molar-refractivity contribution is 5.70. The van der Waals surface area contributed by atoms with Crippen LogP contribution in [0.1, 0.15) is 32.6 Å². The summed E-state index contributed by atoms with van der Waals surface area (Å²) in [6.45, 7) is 2.78. The van der Waals surface area contributed by atoms with Gasteiger partial charge in [-0.1, -0.05) is 12.8 Å². The Balaban J connectivity index is 2.33. The molecule has 1 aromatic carbocycles. The van der Waals surface area contributed by atoms with Gasteiger partial charge in [0, 0.05) is 24.7 Å². The van der Waals surface area contributed by atoms with Crippen LogP contribution in [0.15, 0.2) is 12.1 Å². The molecule has 2 rings (SSSR count). The van der Waals surface area contributed by atoms with Crippen LogP contribution in [0.5, 0.6) is 5.75 Å². The first-order chi connectivity index (χ1) is 9.67. The minimum atomic E-state index is -0.441. The predicted molar refractivity (Wildman–Crippen MR) is 78.7 cm³/mol. The van der Waals surface area contributed by atoms with Gasteiger partial charge >= 0.3 is 0 Å². The van der Waals surface area contributed by atoms with Gasteiger partial charge in [-0.05, 0) is 19.8 Å². The molecule has 0 spiro atoms. The molecule has 0 aromatic heterocycles. The molecule has 0 bridgehead atoms. The summed E-state index contributed by atoms with van der Waals surface area (Å²) in [6.07, 6.45) is 4.54. The molecule has 0 saturated heterocycles.